The van der Waals surface area contributed by atoms with Gasteiger partial charge in [-0.25, -0.2) is 0 Å². The maximum absolute atomic E-state index is 13.0. The van der Waals surface area contributed by atoms with Gasteiger partial charge in [-0.3, -0.25) is 9.69 Å². The number of hydrogen-bond acceptors (Lipinski definition) is 7. The summed E-state index contributed by atoms with van der Waals surface area (Å²) >= 11 is 0. The van der Waals surface area contributed by atoms with Gasteiger partial charge in [0.05, 0.1) is 24.8 Å². The lowest BCUT2D eigenvalue weighted by Crippen LogP contribution is -2.51. The summed E-state index contributed by atoms with van der Waals surface area (Å²) in [5, 5.41) is 3.86. The van der Waals surface area contributed by atoms with E-state index in [1.807, 2.05) is 13.8 Å². The molecule has 1 fully saturated rings. The van der Waals surface area contributed by atoms with E-state index in [-0.39, 0.29) is 23.3 Å². The van der Waals surface area contributed by atoms with Crippen LogP contribution in [0, 0.1) is 0 Å². The fourth-order valence-corrected chi connectivity index (χ4v) is 3.60. The summed E-state index contributed by atoms with van der Waals surface area (Å²) in [5.41, 5.74) is -0.531. The summed E-state index contributed by atoms with van der Waals surface area (Å²) < 4.78 is 55.0. The second-order valence-electron chi connectivity index (χ2n) is 7.78. The highest BCUT2D eigenvalue weighted by Gasteiger charge is 2.32. The molecule has 3 rings (SSSR count). The van der Waals surface area contributed by atoms with Crippen LogP contribution in [0.25, 0.3) is 11.4 Å². The highest BCUT2D eigenvalue weighted by atomic mass is 19.4. The van der Waals surface area contributed by atoms with Gasteiger partial charge in [0.25, 0.3) is 5.91 Å². The van der Waals surface area contributed by atoms with Gasteiger partial charge in [0.15, 0.2) is 0 Å². The van der Waals surface area contributed by atoms with Gasteiger partial charge < -0.3 is 18.9 Å². The van der Waals surface area contributed by atoms with Crippen molar-refractivity contribution >= 4 is 5.91 Å². The van der Waals surface area contributed by atoms with Crippen LogP contribution in [-0.2, 0) is 20.4 Å². The summed E-state index contributed by atoms with van der Waals surface area (Å²) in [6.07, 6.45) is -4.99. The number of ether oxygens (including phenoxy) is 2. The number of aromatic nitrogens is 2. The van der Waals surface area contributed by atoms with Crippen molar-refractivity contribution in [2.45, 2.75) is 39.1 Å². The number of hydrogen-bond donors (Lipinski definition) is 0. The quantitative estimate of drug-likeness (QED) is 0.520. The Labute approximate surface area is 190 Å². The molecule has 0 spiro atoms. The number of alkyl halides is 3. The topological polar surface area (TPSA) is 80.9 Å². The average molecular weight is 470 g/mol. The van der Waals surface area contributed by atoms with Crippen LogP contribution in [0.15, 0.2) is 28.8 Å². The molecule has 0 radical (unpaired) electrons. The molecular weight excluding hydrogens is 441 g/mol. The first kappa shape index (κ1) is 25.1. The molecule has 1 aliphatic rings. The summed E-state index contributed by atoms with van der Waals surface area (Å²) in [7, 11) is 0. The van der Waals surface area contributed by atoms with Crippen LogP contribution in [-0.4, -0.2) is 78.0 Å². The van der Waals surface area contributed by atoms with Gasteiger partial charge in [0.2, 0.25) is 11.7 Å². The van der Waals surface area contributed by atoms with Gasteiger partial charge in [-0.15, -0.1) is 0 Å². The van der Waals surface area contributed by atoms with Gasteiger partial charge in [0, 0.05) is 38.3 Å². The van der Waals surface area contributed by atoms with Gasteiger partial charge in [-0.05, 0) is 32.9 Å². The predicted molar refractivity (Wildman–Crippen MR) is 113 cm³/mol. The largest absolute Gasteiger partial charge is 0.416 e. The smallest absolute Gasteiger partial charge is 0.379 e. The van der Waals surface area contributed by atoms with Crippen molar-refractivity contribution in [3.63, 3.8) is 0 Å². The second-order valence-corrected chi connectivity index (χ2v) is 7.78. The molecular formula is C22H29F3N4O4. The predicted octanol–water partition coefficient (Wildman–Crippen LogP) is 3.40. The zero-order chi connectivity index (χ0) is 24.0. The van der Waals surface area contributed by atoms with Crippen molar-refractivity contribution < 1.29 is 32.0 Å². The summed E-state index contributed by atoms with van der Waals surface area (Å²) in [6, 6.07) is 4.58. The first-order valence-corrected chi connectivity index (χ1v) is 10.9. The number of carbonyl (C=O) groups excluding carboxylic acids is 1. The highest BCUT2D eigenvalue weighted by Crippen LogP contribution is 2.32. The van der Waals surface area contributed by atoms with Crippen molar-refractivity contribution in [2.24, 2.45) is 0 Å². The summed E-state index contributed by atoms with van der Waals surface area (Å²) in [5.74, 6) is 0.355. The first-order valence-electron chi connectivity index (χ1n) is 10.9. The van der Waals surface area contributed by atoms with Gasteiger partial charge >= 0.3 is 6.18 Å². The minimum atomic E-state index is -4.45. The Balaban J connectivity index is 1.55. The van der Waals surface area contributed by atoms with Crippen LogP contribution < -0.4 is 0 Å². The normalized spacial score (nSPS) is 17.2. The van der Waals surface area contributed by atoms with Crippen molar-refractivity contribution in [1.82, 2.24) is 19.9 Å². The van der Waals surface area contributed by atoms with Gasteiger partial charge in [0.1, 0.15) is 6.10 Å². The van der Waals surface area contributed by atoms with Crippen LogP contribution in [0.1, 0.15) is 38.3 Å². The Morgan fingerprint density at radius 1 is 1.18 bits per heavy atom. The molecule has 182 valence electrons. The molecule has 2 aromatic rings. The fraction of sp³-hybridized carbons (Fsp3) is 0.591. The maximum Gasteiger partial charge on any atom is 0.416 e. The van der Waals surface area contributed by atoms with Crippen molar-refractivity contribution in [3.8, 4) is 11.4 Å². The third-order valence-electron chi connectivity index (χ3n) is 5.57. The number of carbonyl (C=O) groups is 1. The Hall–Kier alpha value is -2.50. The van der Waals surface area contributed by atoms with Gasteiger partial charge in [-0.2, -0.15) is 18.2 Å². The molecule has 33 heavy (non-hydrogen) atoms. The lowest BCUT2D eigenvalue weighted by molar-refractivity contribution is -0.145. The van der Waals surface area contributed by atoms with Crippen LogP contribution in [0.5, 0.6) is 0 Å². The number of rotatable bonds is 9. The first-order chi connectivity index (χ1) is 15.7. The third kappa shape index (κ3) is 6.52. The Bertz CT molecular complexity index is 913. The number of piperazine rings is 1. The van der Waals surface area contributed by atoms with E-state index in [0.717, 1.165) is 12.1 Å². The molecule has 1 saturated heterocycles. The molecule has 1 aromatic heterocycles. The molecule has 2 heterocycles. The van der Waals surface area contributed by atoms with E-state index in [4.69, 9.17) is 14.0 Å². The van der Waals surface area contributed by atoms with Crippen LogP contribution in [0.2, 0.25) is 0 Å². The SMILES string of the molecule is CCOCCOC(C)C(=O)N1CCN(C(C)c2nc(-c3cccc(C(F)(F)F)c3)no2)CC1. The molecule has 0 N–H and O–H groups in total. The Kier molecular flexibility index (Phi) is 8.44. The molecule has 0 aliphatic carbocycles. The zero-order valence-corrected chi connectivity index (χ0v) is 19.0. The van der Waals surface area contributed by atoms with Gasteiger partial charge in [-0.1, -0.05) is 17.3 Å². The van der Waals surface area contributed by atoms with Crippen molar-refractivity contribution in [2.75, 3.05) is 46.0 Å². The standard InChI is InChI=1S/C22H29F3N4O4/c1-4-31-12-13-32-16(3)21(30)29-10-8-28(9-11-29)15(2)20-26-19(27-33-20)17-6-5-7-18(14-17)22(23,24)25/h5-7,14-16H,4,8-13H2,1-3H3. The maximum atomic E-state index is 13.0. The average Bonchev–Trinajstić information content (AvgIpc) is 3.31. The van der Waals surface area contributed by atoms with Crippen molar-refractivity contribution in [3.05, 3.63) is 35.7 Å². The minimum absolute atomic E-state index is 0.0663. The minimum Gasteiger partial charge on any atom is -0.379 e. The van der Waals surface area contributed by atoms with E-state index in [2.05, 4.69) is 15.0 Å². The van der Waals surface area contributed by atoms with E-state index in [9.17, 15) is 18.0 Å². The number of amides is 1. The van der Waals surface area contributed by atoms with E-state index in [1.165, 1.54) is 12.1 Å². The molecule has 8 nitrogen and oxygen atoms in total. The van der Waals surface area contributed by atoms with Crippen molar-refractivity contribution in [1.29, 1.82) is 0 Å². The lowest BCUT2D eigenvalue weighted by atomic mass is 10.1. The zero-order valence-electron chi connectivity index (χ0n) is 19.0. The summed E-state index contributed by atoms with van der Waals surface area (Å²) in [4.78, 5) is 20.7. The number of benzene rings is 1. The number of halogens is 3. The van der Waals surface area contributed by atoms with Crippen LogP contribution >= 0.6 is 0 Å². The molecule has 0 saturated carbocycles. The molecule has 1 amide bonds. The van der Waals surface area contributed by atoms with E-state index < -0.39 is 17.8 Å². The van der Waals surface area contributed by atoms with E-state index in [1.54, 1.807) is 11.8 Å². The molecule has 2 atom stereocenters. The summed E-state index contributed by atoms with van der Waals surface area (Å²) in [6.45, 7) is 9.18. The Morgan fingerprint density at radius 3 is 2.58 bits per heavy atom. The third-order valence-corrected chi connectivity index (χ3v) is 5.57. The Morgan fingerprint density at radius 2 is 1.91 bits per heavy atom. The van der Waals surface area contributed by atoms with E-state index in [0.29, 0.717) is 51.9 Å². The van der Waals surface area contributed by atoms with E-state index >= 15 is 0 Å². The monoisotopic (exact) mass is 470 g/mol. The molecule has 2 unspecified atom stereocenters. The number of nitrogens with zero attached hydrogens (tertiary/aromatic N) is 4. The van der Waals surface area contributed by atoms with Crippen LogP contribution in [0.3, 0.4) is 0 Å². The fourth-order valence-electron chi connectivity index (χ4n) is 3.60. The molecule has 11 heteroatoms. The lowest BCUT2D eigenvalue weighted by Gasteiger charge is -2.37. The molecule has 1 aliphatic heterocycles. The molecule has 1 aromatic carbocycles. The highest BCUT2D eigenvalue weighted by molar-refractivity contribution is 5.80. The van der Waals surface area contributed by atoms with Crippen LogP contribution in [0.4, 0.5) is 13.2 Å². The molecule has 0 bridgehead atoms. The second kappa shape index (κ2) is 11.1.